The number of aryl methyl sites for hydroxylation is 2. The summed E-state index contributed by atoms with van der Waals surface area (Å²) in [6.45, 7) is 4.41. The quantitative estimate of drug-likeness (QED) is 0.859. The lowest BCUT2D eigenvalue weighted by molar-refractivity contribution is 0.252. The van der Waals surface area contributed by atoms with E-state index in [1.54, 1.807) is 18.2 Å². The van der Waals surface area contributed by atoms with Gasteiger partial charge in [0, 0.05) is 12.2 Å². The van der Waals surface area contributed by atoms with Crippen molar-refractivity contribution in [2.24, 2.45) is 0 Å². The lowest BCUT2D eigenvalue weighted by atomic mass is 10.1. The van der Waals surface area contributed by atoms with Crippen LogP contribution >= 0.6 is 0 Å². The number of para-hydroxylation sites is 1. The average molecular weight is 300 g/mol. The van der Waals surface area contributed by atoms with Gasteiger partial charge in [0.05, 0.1) is 0 Å². The molecule has 3 nitrogen and oxygen atoms in total. The molecule has 2 aromatic carbocycles. The van der Waals surface area contributed by atoms with Crippen LogP contribution in [-0.2, 0) is 12.8 Å². The lowest BCUT2D eigenvalue weighted by Gasteiger charge is -2.13. The van der Waals surface area contributed by atoms with Crippen LogP contribution in [0.5, 0.6) is 0 Å². The summed E-state index contributed by atoms with van der Waals surface area (Å²) in [6.07, 6.45) is 1.32. The topological polar surface area (TPSA) is 41.1 Å². The van der Waals surface area contributed by atoms with E-state index in [0.717, 1.165) is 23.2 Å². The monoisotopic (exact) mass is 300 g/mol. The van der Waals surface area contributed by atoms with Crippen molar-refractivity contribution >= 4 is 11.7 Å². The van der Waals surface area contributed by atoms with Crippen LogP contribution in [-0.4, -0.2) is 12.6 Å². The second kappa shape index (κ2) is 7.59. The van der Waals surface area contributed by atoms with Gasteiger partial charge in [-0.2, -0.15) is 0 Å². The van der Waals surface area contributed by atoms with Crippen LogP contribution in [0.1, 0.15) is 23.6 Å². The van der Waals surface area contributed by atoms with E-state index in [1.807, 2.05) is 25.1 Å². The van der Waals surface area contributed by atoms with Gasteiger partial charge in [0.2, 0.25) is 0 Å². The molecule has 0 saturated carbocycles. The Morgan fingerprint density at radius 1 is 1.09 bits per heavy atom. The second-order valence-corrected chi connectivity index (χ2v) is 5.18. The fourth-order valence-corrected chi connectivity index (χ4v) is 2.37. The minimum absolute atomic E-state index is 0.239. The molecule has 0 aliphatic carbocycles. The second-order valence-electron chi connectivity index (χ2n) is 5.18. The Labute approximate surface area is 130 Å². The van der Waals surface area contributed by atoms with Gasteiger partial charge in [0.15, 0.2) is 0 Å². The van der Waals surface area contributed by atoms with Crippen LogP contribution in [0.2, 0.25) is 0 Å². The van der Waals surface area contributed by atoms with E-state index in [2.05, 4.69) is 17.6 Å². The van der Waals surface area contributed by atoms with Gasteiger partial charge in [-0.25, -0.2) is 9.18 Å². The molecule has 0 atom stereocenters. The number of hydrogen-bond donors (Lipinski definition) is 2. The van der Waals surface area contributed by atoms with Crippen molar-refractivity contribution in [2.45, 2.75) is 26.7 Å². The first-order valence-corrected chi connectivity index (χ1v) is 7.48. The fourth-order valence-electron chi connectivity index (χ4n) is 2.37. The first-order chi connectivity index (χ1) is 10.6. The highest BCUT2D eigenvalue weighted by Crippen LogP contribution is 2.20. The highest BCUT2D eigenvalue weighted by atomic mass is 19.1. The summed E-state index contributed by atoms with van der Waals surface area (Å²) in [5.41, 5.74) is 3.59. The molecule has 0 heterocycles. The molecule has 0 saturated heterocycles. The Morgan fingerprint density at radius 3 is 2.55 bits per heavy atom. The zero-order chi connectivity index (χ0) is 15.9. The van der Waals surface area contributed by atoms with Gasteiger partial charge in [-0.3, -0.25) is 0 Å². The molecule has 4 heteroatoms. The van der Waals surface area contributed by atoms with Crippen LogP contribution in [0.3, 0.4) is 0 Å². The van der Waals surface area contributed by atoms with Gasteiger partial charge in [0.1, 0.15) is 5.82 Å². The smallest absolute Gasteiger partial charge is 0.319 e. The van der Waals surface area contributed by atoms with Gasteiger partial charge in [-0.05, 0) is 42.5 Å². The van der Waals surface area contributed by atoms with Gasteiger partial charge < -0.3 is 10.6 Å². The molecule has 2 amide bonds. The molecule has 116 valence electrons. The summed E-state index contributed by atoms with van der Waals surface area (Å²) in [6, 6.07) is 12.3. The van der Waals surface area contributed by atoms with Crippen molar-refractivity contribution in [1.82, 2.24) is 5.32 Å². The van der Waals surface area contributed by atoms with Crippen molar-refractivity contribution in [3.8, 4) is 0 Å². The first-order valence-electron chi connectivity index (χ1n) is 7.48. The molecule has 2 aromatic rings. The third kappa shape index (κ3) is 4.07. The maximum absolute atomic E-state index is 13.5. The van der Waals surface area contributed by atoms with Crippen LogP contribution in [0.15, 0.2) is 42.5 Å². The number of urea groups is 1. The molecule has 2 rings (SSSR count). The number of anilines is 1. The van der Waals surface area contributed by atoms with E-state index in [9.17, 15) is 9.18 Å². The number of halogens is 1. The number of carbonyl (C=O) groups excluding carboxylic acids is 1. The number of rotatable bonds is 5. The Hall–Kier alpha value is -2.36. The van der Waals surface area contributed by atoms with Gasteiger partial charge in [-0.1, -0.05) is 43.3 Å². The van der Waals surface area contributed by atoms with Crippen molar-refractivity contribution in [2.75, 3.05) is 11.9 Å². The highest BCUT2D eigenvalue weighted by molar-refractivity contribution is 5.91. The van der Waals surface area contributed by atoms with Crippen LogP contribution < -0.4 is 10.6 Å². The molecule has 0 aromatic heterocycles. The van der Waals surface area contributed by atoms with E-state index >= 15 is 0 Å². The standard InChI is InChI=1S/C18H21FN2O/c1-3-14-9-6-7-13(2)17(14)21-18(22)20-12-11-15-8-4-5-10-16(15)19/h4-10H,3,11-12H2,1-2H3,(H2,20,21,22). The van der Waals surface area contributed by atoms with Gasteiger partial charge in [-0.15, -0.1) is 0 Å². The zero-order valence-corrected chi connectivity index (χ0v) is 12.9. The third-order valence-corrected chi connectivity index (χ3v) is 3.62. The van der Waals surface area contributed by atoms with Crippen LogP contribution in [0.25, 0.3) is 0 Å². The molecule has 0 aliphatic heterocycles. The summed E-state index contributed by atoms with van der Waals surface area (Å²) in [5.74, 6) is -0.239. The van der Waals surface area contributed by atoms with Crippen molar-refractivity contribution < 1.29 is 9.18 Å². The molecule has 22 heavy (non-hydrogen) atoms. The summed E-state index contributed by atoms with van der Waals surface area (Å²) >= 11 is 0. The SMILES string of the molecule is CCc1cccc(C)c1NC(=O)NCCc1ccccc1F. The highest BCUT2D eigenvalue weighted by Gasteiger charge is 2.08. The van der Waals surface area contributed by atoms with E-state index in [4.69, 9.17) is 0 Å². The third-order valence-electron chi connectivity index (χ3n) is 3.62. The Morgan fingerprint density at radius 2 is 1.82 bits per heavy atom. The van der Waals surface area contributed by atoms with E-state index in [-0.39, 0.29) is 11.8 Å². The minimum atomic E-state index is -0.264. The average Bonchev–Trinajstić information content (AvgIpc) is 2.51. The van der Waals surface area contributed by atoms with Gasteiger partial charge in [0.25, 0.3) is 0 Å². The van der Waals surface area contributed by atoms with E-state index in [0.29, 0.717) is 18.5 Å². The molecule has 0 radical (unpaired) electrons. The summed E-state index contributed by atoms with van der Waals surface area (Å²) in [7, 11) is 0. The molecular formula is C18H21FN2O. The minimum Gasteiger partial charge on any atom is -0.338 e. The predicted molar refractivity (Wildman–Crippen MR) is 87.7 cm³/mol. The molecule has 0 fully saturated rings. The maximum Gasteiger partial charge on any atom is 0.319 e. The Bertz CT molecular complexity index is 655. The molecule has 0 aliphatic rings. The van der Waals surface area contributed by atoms with Gasteiger partial charge >= 0.3 is 6.03 Å². The lowest BCUT2D eigenvalue weighted by Crippen LogP contribution is -2.31. The largest absolute Gasteiger partial charge is 0.338 e. The number of carbonyl (C=O) groups is 1. The number of nitrogens with one attached hydrogen (secondary N) is 2. The van der Waals surface area contributed by atoms with E-state index < -0.39 is 0 Å². The predicted octanol–water partition coefficient (Wildman–Crippen LogP) is 4.06. The molecule has 2 N–H and O–H groups in total. The molecular weight excluding hydrogens is 279 g/mol. The maximum atomic E-state index is 13.5. The van der Waals surface area contributed by atoms with Crippen LogP contribution in [0, 0.1) is 12.7 Å². The Balaban J connectivity index is 1.90. The van der Waals surface area contributed by atoms with E-state index in [1.165, 1.54) is 6.07 Å². The normalized spacial score (nSPS) is 10.3. The number of amides is 2. The molecule has 0 bridgehead atoms. The van der Waals surface area contributed by atoms with Crippen molar-refractivity contribution in [3.63, 3.8) is 0 Å². The summed E-state index contributed by atoms with van der Waals surface area (Å²) in [4.78, 5) is 12.0. The number of hydrogen-bond acceptors (Lipinski definition) is 1. The van der Waals surface area contributed by atoms with Crippen molar-refractivity contribution in [1.29, 1.82) is 0 Å². The number of benzene rings is 2. The molecule has 0 spiro atoms. The molecule has 0 unspecified atom stereocenters. The fraction of sp³-hybridized carbons (Fsp3) is 0.278. The summed E-state index contributed by atoms with van der Waals surface area (Å²) in [5, 5.41) is 5.66. The van der Waals surface area contributed by atoms with Crippen LogP contribution in [0.4, 0.5) is 14.9 Å². The van der Waals surface area contributed by atoms with Crippen molar-refractivity contribution in [3.05, 3.63) is 65.0 Å². The summed E-state index contributed by atoms with van der Waals surface area (Å²) < 4.78 is 13.5. The first kappa shape index (κ1) is 16.0. The zero-order valence-electron chi connectivity index (χ0n) is 12.9. The Kier molecular flexibility index (Phi) is 5.53.